The number of nitrogens with one attached hydrogen (secondary N) is 1. The van der Waals surface area contributed by atoms with Crippen LogP contribution in [-0.2, 0) is 6.54 Å². The molecule has 1 fully saturated rings. The first-order chi connectivity index (χ1) is 10.2. The molecule has 0 unspecified atom stereocenters. The van der Waals surface area contributed by atoms with Gasteiger partial charge >= 0.3 is 0 Å². The molecular formula is C19H24N2. The van der Waals surface area contributed by atoms with Crippen molar-refractivity contribution in [2.24, 2.45) is 0 Å². The van der Waals surface area contributed by atoms with Gasteiger partial charge in [-0.15, -0.1) is 0 Å². The highest BCUT2D eigenvalue weighted by Crippen LogP contribution is 2.36. The highest BCUT2D eigenvalue weighted by atomic mass is 14.9. The lowest BCUT2D eigenvalue weighted by atomic mass is 9.80. The summed E-state index contributed by atoms with van der Waals surface area (Å²) in [5.41, 5.74) is 5.20. The van der Waals surface area contributed by atoms with Crippen LogP contribution in [0.4, 0.5) is 0 Å². The SMILES string of the molecule is CC(C)NCc1cncc(-c2ccc(C3CCC3)cc2)c1. The Balaban J connectivity index is 1.74. The fourth-order valence-corrected chi connectivity index (χ4v) is 2.75. The first kappa shape index (κ1) is 14.3. The van der Waals surface area contributed by atoms with Crippen LogP contribution in [0.5, 0.6) is 0 Å². The molecule has 0 atom stereocenters. The van der Waals surface area contributed by atoms with Gasteiger partial charge in [0.15, 0.2) is 0 Å². The first-order valence-electron chi connectivity index (χ1n) is 8.00. The third kappa shape index (κ3) is 3.51. The third-order valence-electron chi connectivity index (χ3n) is 4.33. The molecule has 2 nitrogen and oxygen atoms in total. The maximum Gasteiger partial charge on any atom is 0.0346 e. The molecule has 1 heterocycles. The van der Waals surface area contributed by atoms with Crippen LogP contribution in [0.15, 0.2) is 42.7 Å². The van der Waals surface area contributed by atoms with E-state index in [2.05, 4.69) is 54.5 Å². The number of aromatic nitrogens is 1. The number of nitrogens with zero attached hydrogens (tertiary/aromatic N) is 1. The normalized spacial score (nSPS) is 15.2. The molecule has 0 amide bonds. The van der Waals surface area contributed by atoms with Crippen molar-refractivity contribution in [2.75, 3.05) is 0 Å². The van der Waals surface area contributed by atoms with Gasteiger partial charge in [-0.05, 0) is 41.5 Å². The lowest BCUT2D eigenvalue weighted by Crippen LogP contribution is -2.21. The van der Waals surface area contributed by atoms with Gasteiger partial charge in [-0.3, -0.25) is 4.98 Å². The fraction of sp³-hybridized carbons (Fsp3) is 0.421. The van der Waals surface area contributed by atoms with Crippen LogP contribution in [0, 0.1) is 0 Å². The zero-order chi connectivity index (χ0) is 14.7. The molecule has 2 heteroatoms. The quantitative estimate of drug-likeness (QED) is 0.871. The molecule has 0 spiro atoms. The summed E-state index contributed by atoms with van der Waals surface area (Å²) < 4.78 is 0. The second kappa shape index (κ2) is 6.40. The zero-order valence-corrected chi connectivity index (χ0v) is 13.0. The zero-order valence-electron chi connectivity index (χ0n) is 13.0. The molecule has 0 bridgehead atoms. The number of hydrogen-bond acceptors (Lipinski definition) is 2. The smallest absolute Gasteiger partial charge is 0.0346 e. The Morgan fingerprint density at radius 3 is 2.48 bits per heavy atom. The van der Waals surface area contributed by atoms with Crippen molar-refractivity contribution < 1.29 is 0 Å². The van der Waals surface area contributed by atoms with Crippen molar-refractivity contribution >= 4 is 0 Å². The standard InChI is InChI=1S/C19H24N2/c1-14(2)21-12-15-10-19(13-20-11-15)18-8-6-17(7-9-18)16-4-3-5-16/h6-11,13-14,16,21H,3-5,12H2,1-2H3. The van der Waals surface area contributed by atoms with Crippen LogP contribution < -0.4 is 5.32 Å². The van der Waals surface area contributed by atoms with Crippen molar-refractivity contribution in [1.82, 2.24) is 10.3 Å². The summed E-state index contributed by atoms with van der Waals surface area (Å²) in [4.78, 5) is 4.38. The summed E-state index contributed by atoms with van der Waals surface area (Å²) in [7, 11) is 0. The molecule has 1 aliphatic rings. The van der Waals surface area contributed by atoms with E-state index in [0.29, 0.717) is 6.04 Å². The minimum atomic E-state index is 0.496. The van der Waals surface area contributed by atoms with E-state index in [1.165, 1.54) is 41.5 Å². The van der Waals surface area contributed by atoms with Gasteiger partial charge in [0, 0.05) is 30.5 Å². The van der Waals surface area contributed by atoms with Crippen molar-refractivity contribution in [2.45, 2.75) is 51.6 Å². The van der Waals surface area contributed by atoms with E-state index in [0.717, 1.165) is 12.5 Å². The number of rotatable bonds is 5. The van der Waals surface area contributed by atoms with Crippen LogP contribution in [0.1, 0.15) is 50.2 Å². The highest BCUT2D eigenvalue weighted by molar-refractivity contribution is 5.63. The van der Waals surface area contributed by atoms with E-state index in [9.17, 15) is 0 Å². The molecule has 0 radical (unpaired) electrons. The molecule has 1 aliphatic carbocycles. The van der Waals surface area contributed by atoms with Crippen LogP contribution in [0.25, 0.3) is 11.1 Å². The molecule has 1 N–H and O–H groups in total. The maximum atomic E-state index is 4.38. The second-order valence-corrected chi connectivity index (χ2v) is 6.37. The van der Waals surface area contributed by atoms with E-state index in [1.807, 2.05) is 12.4 Å². The predicted molar refractivity (Wildman–Crippen MR) is 88.2 cm³/mol. The monoisotopic (exact) mass is 280 g/mol. The molecule has 1 saturated carbocycles. The summed E-state index contributed by atoms with van der Waals surface area (Å²) in [6, 6.07) is 11.8. The molecule has 2 aromatic rings. The molecule has 1 aromatic carbocycles. The molecular weight excluding hydrogens is 256 g/mol. The maximum absolute atomic E-state index is 4.38. The van der Waals surface area contributed by atoms with Gasteiger partial charge in [0.2, 0.25) is 0 Å². The van der Waals surface area contributed by atoms with Gasteiger partial charge in [-0.2, -0.15) is 0 Å². The summed E-state index contributed by atoms with van der Waals surface area (Å²) in [5.74, 6) is 0.804. The number of hydrogen-bond donors (Lipinski definition) is 1. The second-order valence-electron chi connectivity index (χ2n) is 6.37. The van der Waals surface area contributed by atoms with Crippen LogP contribution in [0.3, 0.4) is 0 Å². The minimum Gasteiger partial charge on any atom is -0.310 e. The molecule has 3 rings (SSSR count). The van der Waals surface area contributed by atoms with Crippen molar-refractivity contribution in [3.63, 3.8) is 0 Å². The van der Waals surface area contributed by atoms with Gasteiger partial charge in [0.05, 0.1) is 0 Å². The minimum absolute atomic E-state index is 0.496. The fourth-order valence-electron chi connectivity index (χ4n) is 2.75. The Bertz CT molecular complexity index is 583. The molecule has 0 saturated heterocycles. The number of benzene rings is 1. The van der Waals surface area contributed by atoms with E-state index >= 15 is 0 Å². The highest BCUT2D eigenvalue weighted by Gasteiger charge is 2.18. The lowest BCUT2D eigenvalue weighted by molar-refractivity contribution is 0.420. The summed E-state index contributed by atoms with van der Waals surface area (Å²) in [6.07, 6.45) is 8.01. The average Bonchev–Trinajstić information content (AvgIpc) is 2.44. The van der Waals surface area contributed by atoms with Gasteiger partial charge in [0.25, 0.3) is 0 Å². The Kier molecular flexibility index (Phi) is 4.35. The summed E-state index contributed by atoms with van der Waals surface area (Å²) in [6.45, 7) is 5.20. The molecule has 21 heavy (non-hydrogen) atoms. The van der Waals surface area contributed by atoms with Crippen molar-refractivity contribution in [3.05, 3.63) is 53.9 Å². The molecule has 1 aromatic heterocycles. The van der Waals surface area contributed by atoms with Gasteiger partial charge < -0.3 is 5.32 Å². The first-order valence-corrected chi connectivity index (χ1v) is 8.00. The Labute approximate surface area is 127 Å². The number of pyridine rings is 1. The van der Waals surface area contributed by atoms with E-state index in [1.54, 1.807) is 0 Å². The Hall–Kier alpha value is -1.67. The van der Waals surface area contributed by atoms with Crippen molar-refractivity contribution in [1.29, 1.82) is 0 Å². The lowest BCUT2D eigenvalue weighted by Gasteiger charge is -2.25. The predicted octanol–water partition coefficient (Wildman–Crippen LogP) is 4.51. The van der Waals surface area contributed by atoms with Crippen molar-refractivity contribution in [3.8, 4) is 11.1 Å². The van der Waals surface area contributed by atoms with E-state index < -0.39 is 0 Å². The molecule has 0 aliphatic heterocycles. The van der Waals surface area contributed by atoms with Gasteiger partial charge in [-0.1, -0.05) is 44.5 Å². The van der Waals surface area contributed by atoms with E-state index in [-0.39, 0.29) is 0 Å². The third-order valence-corrected chi connectivity index (χ3v) is 4.33. The summed E-state index contributed by atoms with van der Waals surface area (Å²) in [5, 5.41) is 3.44. The summed E-state index contributed by atoms with van der Waals surface area (Å²) >= 11 is 0. The Morgan fingerprint density at radius 2 is 1.86 bits per heavy atom. The van der Waals surface area contributed by atoms with Crippen LogP contribution >= 0.6 is 0 Å². The molecule has 110 valence electrons. The van der Waals surface area contributed by atoms with Crippen LogP contribution in [0.2, 0.25) is 0 Å². The van der Waals surface area contributed by atoms with Gasteiger partial charge in [0.1, 0.15) is 0 Å². The van der Waals surface area contributed by atoms with E-state index in [4.69, 9.17) is 0 Å². The Morgan fingerprint density at radius 1 is 1.10 bits per heavy atom. The van der Waals surface area contributed by atoms with Crippen LogP contribution in [-0.4, -0.2) is 11.0 Å². The topological polar surface area (TPSA) is 24.9 Å². The van der Waals surface area contributed by atoms with Gasteiger partial charge in [-0.25, -0.2) is 0 Å². The average molecular weight is 280 g/mol. The largest absolute Gasteiger partial charge is 0.310 e.